The summed E-state index contributed by atoms with van der Waals surface area (Å²) in [7, 11) is 0. The van der Waals surface area contributed by atoms with Crippen LogP contribution in [0.15, 0.2) is 0 Å². The fourth-order valence-corrected chi connectivity index (χ4v) is 2.06. The zero-order valence-electron chi connectivity index (χ0n) is 11.1. The van der Waals surface area contributed by atoms with Gasteiger partial charge in [0.05, 0.1) is 6.10 Å². The standard InChI is InChI=1S/C12H22N2O4/c1-7(2)10(11(16)17)13-12(18)14-5-4-9(15)8(3)6-14/h7-10,15H,4-6H2,1-3H3,(H,13,18)(H,16,17)/t8?,9?,10-/m0/s1. The third-order valence-electron chi connectivity index (χ3n) is 3.36. The number of likely N-dealkylation sites (tertiary alicyclic amines) is 1. The van der Waals surface area contributed by atoms with Crippen molar-refractivity contribution in [2.24, 2.45) is 11.8 Å². The van der Waals surface area contributed by atoms with Gasteiger partial charge in [-0.15, -0.1) is 0 Å². The highest BCUT2D eigenvalue weighted by Gasteiger charge is 2.30. The van der Waals surface area contributed by atoms with E-state index in [1.807, 2.05) is 6.92 Å². The monoisotopic (exact) mass is 258 g/mol. The third kappa shape index (κ3) is 3.60. The van der Waals surface area contributed by atoms with Gasteiger partial charge in [0, 0.05) is 13.1 Å². The van der Waals surface area contributed by atoms with Crippen molar-refractivity contribution in [2.45, 2.75) is 39.3 Å². The van der Waals surface area contributed by atoms with Crippen molar-refractivity contribution in [2.75, 3.05) is 13.1 Å². The van der Waals surface area contributed by atoms with Crippen LogP contribution >= 0.6 is 0 Å². The second kappa shape index (κ2) is 6.04. The lowest BCUT2D eigenvalue weighted by Crippen LogP contribution is -2.54. The minimum atomic E-state index is -1.02. The molecule has 1 saturated heterocycles. The Kier molecular flexibility index (Phi) is 4.95. The molecule has 0 bridgehead atoms. The molecule has 1 fully saturated rings. The third-order valence-corrected chi connectivity index (χ3v) is 3.36. The van der Waals surface area contributed by atoms with E-state index in [4.69, 9.17) is 5.11 Å². The summed E-state index contributed by atoms with van der Waals surface area (Å²) in [6, 6.07) is -1.24. The van der Waals surface area contributed by atoms with Gasteiger partial charge in [0.2, 0.25) is 0 Å². The number of nitrogens with one attached hydrogen (secondary N) is 1. The molecular formula is C12H22N2O4. The van der Waals surface area contributed by atoms with Crippen LogP contribution < -0.4 is 5.32 Å². The van der Waals surface area contributed by atoms with E-state index in [1.165, 1.54) is 0 Å². The maximum Gasteiger partial charge on any atom is 0.326 e. The Balaban J connectivity index is 2.57. The second-order valence-electron chi connectivity index (χ2n) is 5.29. The van der Waals surface area contributed by atoms with E-state index in [2.05, 4.69) is 5.32 Å². The Hall–Kier alpha value is -1.30. The van der Waals surface area contributed by atoms with Gasteiger partial charge in [0.15, 0.2) is 0 Å². The first-order valence-corrected chi connectivity index (χ1v) is 6.29. The van der Waals surface area contributed by atoms with Gasteiger partial charge < -0.3 is 20.4 Å². The minimum absolute atomic E-state index is 0.0202. The molecule has 1 heterocycles. The molecule has 0 aromatic heterocycles. The lowest BCUT2D eigenvalue weighted by atomic mass is 9.97. The summed E-state index contributed by atoms with van der Waals surface area (Å²) in [5.41, 5.74) is 0. The molecule has 0 aromatic rings. The van der Waals surface area contributed by atoms with Crippen molar-refractivity contribution in [1.82, 2.24) is 10.2 Å². The number of carboxylic acids is 1. The Labute approximate surface area is 107 Å². The first kappa shape index (κ1) is 14.8. The van der Waals surface area contributed by atoms with Crippen LogP contribution in [0.2, 0.25) is 0 Å². The lowest BCUT2D eigenvalue weighted by Gasteiger charge is -2.35. The van der Waals surface area contributed by atoms with Gasteiger partial charge in [-0.25, -0.2) is 9.59 Å². The zero-order valence-corrected chi connectivity index (χ0v) is 11.1. The predicted molar refractivity (Wildman–Crippen MR) is 66.2 cm³/mol. The Morgan fingerprint density at radius 3 is 2.44 bits per heavy atom. The molecule has 0 radical (unpaired) electrons. The molecule has 3 atom stereocenters. The van der Waals surface area contributed by atoms with Gasteiger partial charge in [-0.05, 0) is 18.3 Å². The summed E-state index contributed by atoms with van der Waals surface area (Å²) < 4.78 is 0. The molecule has 2 amide bonds. The van der Waals surface area contributed by atoms with E-state index in [9.17, 15) is 14.7 Å². The van der Waals surface area contributed by atoms with E-state index < -0.39 is 12.0 Å². The quantitative estimate of drug-likeness (QED) is 0.688. The van der Waals surface area contributed by atoms with Crippen molar-refractivity contribution >= 4 is 12.0 Å². The maximum atomic E-state index is 11.9. The number of aliphatic hydroxyl groups excluding tert-OH is 1. The summed E-state index contributed by atoms with van der Waals surface area (Å²) in [5.74, 6) is -1.17. The number of rotatable bonds is 3. The van der Waals surface area contributed by atoms with E-state index in [1.54, 1.807) is 18.7 Å². The highest BCUT2D eigenvalue weighted by molar-refractivity contribution is 5.82. The normalized spacial score (nSPS) is 25.9. The van der Waals surface area contributed by atoms with Crippen LogP contribution in [0, 0.1) is 11.8 Å². The molecule has 104 valence electrons. The first-order chi connectivity index (χ1) is 8.32. The largest absolute Gasteiger partial charge is 0.480 e. The number of aliphatic hydroxyl groups is 1. The number of hydrogen-bond donors (Lipinski definition) is 3. The summed E-state index contributed by atoms with van der Waals surface area (Å²) in [6.45, 7) is 6.30. The SMILES string of the molecule is CC1CN(C(=O)N[C@H](C(=O)O)C(C)C)CCC1O. The molecule has 0 aliphatic carbocycles. The average Bonchev–Trinajstić information content (AvgIpc) is 2.28. The number of aliphatic carboxylic acids is 1. The van der Waals surface area contributed by atoms with Gasteiger partial charge in [0.25, 0.3) is 0 Å². The Morgan fingerprint density at radius 1 is 1.39 bits per heavy atom. The van der Waals surface area contributed by atoms with Crippen molar-refractivity contribution in [1.29, 1.82) is 0 Å². The molecule has 1 aliphatic rings. The molecule has 1 aliphatic heterocycles. The number of amides is 2. The van der Waals surface area contributed by atoms with Crippen LogP contribution in [-0.2, 0) is 4.79 Å². The van der Waals surface area contributed by atoms with Crippen molar-refractivity contribution in [3.8, 4) is 0 Å². The van der Waals surface area contributed by atoms with Crippen molar-refractivity contribution in [3.63, 3.8) is 0 Å². The lowest BCUT2D eigenvalue weighted by molar-refractivity contribution is -0.140. The van der Waals surface area contributed by atoms with E-state index in [0.29, 0.717) is 19.5 Å². The highest BCUT2D eigenvalue weighted by atomic mass is 16.4. The van der Waals surface area contributed by atoms with Gasteiger partial charge >= 0.3 is 12.0 Å². The van der Waals surface area contributed by atoms with Crippen molar-refractivity contribution in [3.05, 3.63) is 0 Å². The second-order valence-corrected chi connectivity index (χ2v) is 5.29. The number of carbonyl (C=O) groups is 2. The zero-order chi connectivity index (χ0) is 13.9. The molecule has 3 N–H and O–H groups in total. The van der Waals surface area contributed by atoms with Crippen LogP contribution in [0.25, 0.3) is 0 Å². The fraction of sp³-hybridized carbons (Fsp3) is 0.833. The summed E-state index contributed by atoms with van der Waals surface area (Å²) in [6.07, 6.45) is 0.156. The molecule has 2 unspecified atom stereocenters. The molecule has 0 spiro atoms. The van der Waals surface area contributed by atoms with E-state index in [0.717, 1.165) is 0 Å². The summed E-state index contributed by atoms with van der Waals surface area (Å²) in [5, 5.41) is 21.1. The fourth-order valence-electron chi connectivity index (χ4n) is 2.06. The van der Waals surface area contributed by atoms with E-state index >= 15 is 0 Å². The molecule has 1 rings (SSSR count). The smallest absolute Gasteiger partial charge is 0.326 e. The van der Waals surface area contributed by atoms with Gasteiger partial charge in [-0.2, -0.15) is 0 Å². The number of piperidine rings is 1. The average molecular weight is 258 g/mol. The molecule has 0 saturated carbocycles. The molecule has 18 heavy (non-hydrogen) atoms. The van der Waals surface area contributed by atoms with Gasteiger partial charge in [-0.1, -0.05) is 20.8 Å². The first-order valence-electron chi connectivity index (χ1n) is 6.29. The number of urea groups is 1. The minimum Gasteiger partial charge on any atom is -0.480 e. The Bertz CT molecular complexity index is 319. The maximum absolute atomic E-state index is 11.9. The topological polar surface area (TPSA) is 89.9 Å². The van der Waals surface area contributed by atoms with Crippen LogP contribution in [0.1, 0.15) is 27.2 Å². The predicted octanol–water partition coefficient (Wildman–Crippen LogP) is 0.508. The van der Waals surface area contributed by atoms with Gasteiger partial charge in [-0.3, -0.25) is 0 Å². The molecule has 6 heteroatoms. The van der Waals surface area contributed by atoms with E-state index in [-0.39, 0.29) is 24.0 Å². The summed E-state index contributed by atoms with van der Waals surface area (Å²) >= 11 is 0. The summed E-state index contributed by atoms with van der Waals surface area (Å²) in [4.78, 5) is 24.5. The Morgan fingerprint density at radius 2 is 2.00 bits per heavy atom. The van der Waals surface area contributed by atoms with Gasteiger partial charge in [0.1, 0.15) is 6.04 Å². The number of nitrogens with zero attached hydrogens (tertiary/aromatic N) is 1. The highest BCUT2D eigenvalue weighted by Crippen LogP contribution is 2.16. The van der Waals surface area contributed by atoms with Crippen LogP contribution in [0.5, 0.6) is 0 Å². The van der Waals surface area contributed by atoms with Crippen LogP contribution in [0.3, 0.4) is 0 Å². The molecule has 0 aromatic carbocycles. The molecular weight excluding hydrogens is 236 g/mol. The number of carboxylic acid groups (broad SMARTS) is 1. The number of carbonyl (C=O) groups excluding carboxylic acids is 1. The molecule has 6 nitrogen and oxygen atoms in total. The number of hydrogen-bond acceptors (Lipinski definition) is 3. The van der Waals surface area contributed by atoms with Crippen molar-refractivity contribution < 1.29 is 19.8 Å². The van der Waals surface area contributed by atoms with Crippen LogP contribution in [-0.4, -0.2) is 52.3 Å². The van der Waals surface area contributed by atoms with Crippen LogP contribution in [0.4, 0.5) is 4.79 Å².